The van der Waals surface area contributed by atoms with Crippen molar-refractivity contribution < 1.29 is 4.79 Å². The molecule has 0 saturated carbocycles. The summed E-state index contributed by atoms with van der Waals surface area (Å²) in [6, 6.07) is 2.01. The average Bonchev–Trinajstić information content (AvgIpc) is 2.45. The molecule has 80 valence electrons. The topological polar surface area (TPSA) is 33.2 Å². The number of aromatic nitrogens is 1. The van der Waals surface area contributed by atoms with Crippen molar-refractivity contribution in [3.63, 3.8) is 0 Å². The minimum absolute atomic E-state index is 0.0619. The van der Waals surface area contributed by atoms with E-state index in [-0.39, 0.29) is 11.3 Å². The molecule has 1 amide bonds. The summed E-state index contributed by atoms with van der Waals surface area (Å²) in [6.07, 6.45) is 2.17. The SMILES string of the molecule is Cc1cc(I)cnc1N1CC(Cl)CC1=O. The first kappa shape index (κ1) is 11.1. The number of nitrogens with zero attached hydrogens (tertiary/aromatic N) is 2. The summed E-state index contributed by atoms with van der Waals surface area (Å²) in [4.78, 5) is 17.6. The first-order valence-electron chi connectivity index (χ1n) is 4.64. The van der Waals surface area contributed by atoms with Crippen LogP contribution in [0.2, 0.25) is 0 Å². The Labute approximate surface area is 107 Å². The molecular formula is C10H10ClIN2O. The van der Waals surface area contributed by atoms with Gasteiger partial charge >= 0.3 is 0 Å². The summed E-state index contributed by atoms with van der Waals surface area (Å²) in [6.45, 7) is 2.52. The van der Waals surface area contributed by atoms with Crippen LogP contribution in [0.3, 0.4) is 0 Å². The van der Waals surface area contributed by atoms with Gasteiger partial charge in [-0.3, -0.25) is 9.69 Å². The highest BCUT2D eigenvalue weighted by molar-refractivity contribution is 14.1. The highest BCUT2D eigenvalue weighted by atomic mass is 127. The third-order valence-electron chi connectivity index (χ3n) is 2.35. The van der Waals surface area contributed by atoms with Crippen LogP contribution in [0.25, 0.3) is 0 Å². The molecule has 3 nitrogen and oxygen atoms in total. The average molecular weight is 337 g/mol. The molecule has 1 fully saturated rings. The summed E-state index contributed by atoms with van der Waals surface area (Å²) >= 11 is 8.15. The number of alkyl halides is 1. The fourth-order valence-electron chi connectivity index (χ4n) is 1.68. The first-order valence-corrected chi connectivity index (χ1v) is 6.16. The lowest BCUT2D eigenvalue weighted by atomic mass is 10.3. The van der Waals surface area contributed by atoms with E-state index in [2.05, 4.69) is 27.6 Å². The van der Waals surface area contributed by atoms with Gasteiger partial charge in [0.05, 0.1) is 5.38 Å². The van der Waals surface area contributed by atoms with Crippen molar-refractivity contribution in [3.05, 3.63) is 21.4 Å². The number of carbonyl (C=O) groups excluding carboxylic acids is 1. The molecule has 0 aliphatic carbocycles. The molecule has 1 unspecified atom stereocenters. The maximum Gasteiger partial charge on any atom is 0.229 e. The molecule has 5 heteroatoms. The van der Waals surface area contributed by atoms with Crippen LogP contribution in [0, 0.1) is 10.5 Å². The van der Waals surface area contributed by atoms with Crippen LogP contribution in [0.5, 0.6) is 0 Å². The van der Waals surface area contributed by atoms with Gasteiger partial charge in [-0.1, -0.05) is 0 Å². The van der Waals surface area contributed by atoms with Crippen molar-refractivity contribution in [3.8, 4) is 0 Å². The minimum Gasteiger partial charge on any atom is -0.295 e. The molecule has 1 aliphatic heterocycles. The standard InChI is InChI=1S/C10H10ClIN2O/c1-6-2-8(12)4-13-10(6)14-5-7(11)3-9(14)15/h2,4,7H,3,5H2,1H3. The van der Waals surface area contributed by atoms with Crippen LogP contribution in [-0.2, 0) is 4.79 Å². The van der Waals surface area contributed by atoms with E-state index in [1.54, 1.807) is 11.1 Å². The number of pyridine rings is 1. The van der Waals surface area contributed by atoms with E-state index in [9.17, 15) is 4.79 Å². The lowest BCUT2D eigenvalue weighted by molar-refractivity contribution is -0.117. The molecule has 0 aromatic carbocycles. The van der Waals surface area contributed by atoms with Crippen LogP contribution in [0.4, 0.5) is 5.82 Å². The predicted molar refractivity (Wildman–Crippen MR) is 68.3 cm³/mol. The van der Waals surface area contributed by atoms with Gasteiger partial charge in [0.2, 0.25) is 5.91 Å². The summed E-state index contributed by atoms with van der Waals surface area (Å²) in [5.74, 6) is 0.801. The number of rotatable bonds is 1. The van der Waals surface area contributed by atoms with Gasteiger partial charge in [0, 0.05) is 22.7 Å². The Morgan fingerprint density at radius 3 is 2.93 bits per heavy atom. The molecule has 0 spiro atoms. The Morgan fingerprint density at radius 2 is 2.40 bits per heavy atom. The summed E-state index contributed by atoms with van der Waals surface area (Å²) in [7, 11) is 0. The summed E-state index contributed by atoms with van der Waals surface area (Å²) < 4.78 is 1.07. The zero-order valence-corrected chi connectivity index (χ0v) is 11.1. The maximum absolute atomic E-state index is 11.6. The van der Waals surface area contributed by atoms with Gasteiger partial charge in [0.25, 0.3) is 0 Å². The highest BCUT2D eigenvalue weighted by Crippen LogP contribution is 2.25. The second kappa shape index (κ2) is 4.25. The molecule has 0 N–H and O–H groups in total. The van der Waals surface area contributed by atoms with Gasteiger partial charge in [-0.05, 0) is 41.1 Å². The molecule has 1 aromatic heterocycles. The van der Waals surface area contributed by atoms with Crippen molar-refractivity contribution in [2.45, 2.75) is 18.7 Å². The Kier molecular flexibility index (Phi) is 3.16. The zero-order chi connectivity index (χ0) is 11.0. The fraction of sp³-hybridized carbons (Fsp3) is 0.400. The zero-order valence-electron chi connectivity index (χ0n) is 8.20. The van der Waals surface area contributed by atoms with E-state index in [0.717, 1.165) is 15.0 Å². The lowest BCUT2D eigenvalue weighted by Crippen LogP contribution is -2.26. The van der Waals surface area contributed by atoms with E-state index < -0.39 is 0 Å². The normalized spacial score (nSPS) is 21.1. The van der Waals surface area contributed by atoms with E-state index in [4.69, 9.17) is 11.6 Å². The number of hydrogen-bond donors (Lipinski definition) is 0. The Morgan fingerprint density at radius 1 is 1.67 bits per heavy atom. The van der Waals surface area contributed by atoms with Gasteiger partial charge in [-0.2, -0.15) is 0 Å². The molecule has 2 heterocycles. The summed E-state index contributed by atoms with van der Waals surface area (Å²) in [5.41, 5.74) is 1.01. The minimum atomic E-state index is -0.0852. The van der Waals surface area contributed by atoms with E-state index in [1.807, 2.05) is 13.0 Å². The molecule has 15 heavy (non-hydrogen) atoms. The Hall–Kier alpha value is -0.360. The lowest BCUT2D eigenvalue weighted by Gasteiger charge is -2.16. The highest BCUT2D eigenvalue weighted by Gasteiger charge is 2.30. The van der Waals surface area contributed by atoms with Crippen molar-refractivity contribution in [2.75, 3.05) is 11.4 Å². The van der Waals surface area contributed by atoms with Crippen molar-refractivity contribution in [2.24, 2.45) is 0 Å². The number of hydrogen-bond acceptors (Lipinski definition) is 2. The van der Waals surface area contributed by atoms with Gasteiger partial charge in [0.15, 0.2) is 0 Å². The monoisotopic (exact) mass is 336 g/mol. The number of aryl methyl sites for hydroxylation is 1. The molecule has 0 bridgehead atoms. The maximum atomic E-state index is 11.6. The van der Waals surface area contributed by atoms with Gasteiger partial charge in [0.1, 0.15) is 5.82 Å². The van der Waals surface area contributed by atoms with Gasteiger partial charge in [-0.15, -0.1) is 11.6 Å². The molecule has 0 radical (unpaired) electrons. The van der Waals surface area contributed by atoms with E-state index in [1.165, 1.54) is 0 Å². The smallest absolute Gasteiger partial charge is 0.229 e. The van der Waals surface area contributed by atoms with Crippen LogP contribution >= 0.6 is 34.2 Å². The van der Waals surface area contributed by atoms with Crippen molar-refractivity contribution in [1.29, 1.82) is 0 Å². The van der Waals surface area contributed by atoms with E-state index >= 15 is 0 Å². The molecule has 1 atom stereocenters. The second-order valence-electron chi connectivity index (χ2n) is 3.60. The second-order valence-corrected chi connectivity index (χ2v) is 5.46. The molecule has 2 rings (SSSR count). The van der Waals surface area contributed by atoms with Crippen LogP contribution < -0.4 is 4.90 Å². The first-order chi connectivity index (χ1) is 7.08. The van der Waals surface area contributed by atoms with Crippen molar-refractivity contribution in [1.82, 2.24) is 4.98 Å². The van der Waals surface area contributed by atoms with Crippen LogP contribution in [0.15, 0.2) is 12.3 Å². The van der Waals surface area contributed by atoms with Gasteiger partial charge < -0.3 is 0 Å². The third-order valence-corrected chi connectivity index (χ3v) is 3.23. The summed E-state index contributed by atoms with van der Waals surface area (Å²) in [5, 5.41) is -0.0852. The number of carbonyl (C=O) groups is 1. The fourth-order valence-corrected chi connectivity index (χ4v) is 2.56. The molecular weight excluding hydrogens is 326 g/mol. The molecule has 1 aliphatic rings. The third kappa shape index (κ3) is 2.25. The quantitative estimate of drug-likeness (QED) is 0.582. The number of amides is 1. The number of halogens is 2. The van der Waals surface area contributed by atoms with Crippen LogP contribution in [-0.4, -0.2) is 22.8 Å². The van der Waals surface area contributed by atoms with E-state index in [0.29, 0.717) is 13.0 Å². The predicted octanol–water partition coefficient (Wildman–Crippen LogP) is 2.34. The molecule has 1 saturated heterocycles. The Bertz CT molecular complexity index is 410. The number of anilines is 1. The molecule has 1 aromatic rings. The van der Waals surface area contributed by atoms with Gasteiger partial charge in [-0.25, -0.2) is 4.98 Å². The largest absolute Gasteiger partial charge is 0.295 e. The van der Waals surface area contributed by atoms with Crippen LogP contribution in [0.1, 0.15) is 12.0 Å². The Balaban J connectivity index is 2.34. The van der Waals surface area contributed by atoms with Crippen molar-refractivity contribution >= 4 is 45.9 Å².